The van der Waals surface area contributed by atoms with Crippen molar-refractivity contribution in [2.45, 2.75) is 6.92 Å². The van der Waals surface area contributed by atoms with Crippen LogP contribution in [-0.4, -0.2) is 33.4 Å². The van der Waals surface area contributed by atoms with E-state index >= 15 is 0 Å². The maximum atomic E-state index is 9.33. The quantitative estimate of drug-likeness (QED) is 0.451. The van der Waals surface area contributed by atoms with E-state index in [0.717, 1.165) is 13.7 Å². The lowest BCUT2D eigenvalue weighted by Crippen LogP contribution is -2.02. The molecule has 0 aliphatic heterocycles. The Morgan fingerprint density at radius 3 is 1.91 bits per heavy atom. The molecule has 0 aromatic rings. The van der Waals surface area contributed by atoms with Crippen LogP contribution in [0, 0.1) is 0 Å². The van der Waals surface area contributed by atoms with Crippen molar-refractivity contribution >= 4 is 10.4 Å². The van der Waals surface area contributed by atoms with Crippen molar-refractivity contribution in [3.8, 4) is 0 Å². The van der Waals surface area contributed by atoms with Crippen molar-refractivity contribution in [2.75, 3.05) is 20.4 Å². The first-order valence-corrected chi connectivity index (χ1v) is 4.15. The average molecular weight is 187 g/mol. The molecule has 3 N–H and O–H groups in total. The molecular formula is C4H13NO5S. The molecule has 0 aromatic heterocycles. The minimum Gasteiger partial charge on any atom is -0.367 e. The highest BCUT2D eigenvalue weighted by Gasteiger charge is 1.93. The smallest absolute Gasteiger partial charge is 0.367 e. The van der Waals surface area contributed by atoms with E-state index in [0.29, 0.717) is 6.73 Å². The van der Waals surface area contributed by atoms with Crippen molar-refractivity contribution in [3.05, 3.63) is 0 Å². The highest BCUT2D eigenvalue weighted by molar-refractivity contribution is 7.80. The van der Waals surface area contributed by atoms with Gasteiger partial charge < -0.3 is 10.5 Å². The molecular weight excluding hydrogens is 174 g/mol. The Bertz CT molecular complexity index is 152. The predicted octanol–water partition coefficient (Wildman–Crippen LogP) is -0.625. The summed E-state index contributed by atoms with van der Waals surface area (Å²) in [6.07, 6.45) is 0. The topological polar surface area (TPSA) is 98.9 Å². The van der Waals surface area contributed by atoms with Crippen LogP contribution in [0.1, 0.15) is 6.92 Å². The molecule has 0 amide bonds. The lowest BCUT2D eigenvalue weighted by molar-refractivity contribution is 0.155. The van der Waals surface area contributed by atoms with E-state index in [1.807, 2.05) is 6.92 Å². The van der Waals surface area contributed by atoms with Crippen molar-refractivity contribution in [1.29, 1.82) is 0 Å². The monoisotopic (exact) mass is 187 g/mol. The summed E-state index contributed by atoms with van der Waals surface area (Å²) in [5.74, 6) is 0. The summed E-state index contributed by atoms with van der Waals surface area (Å²) in [6.45, 7) is 2.97. The number of rotatable bonds is 3. The van der Waals surface area contributed by atoms with Gasteiger partial charge in [-0.25, -0.2) is 0 Å². The fourth-order valence-corrected chi connectivity index (χ4v) is 0.118. The summed E-state index contributed by atoms with van der Waals surface area (Å²) in [6, 6.07) is 0. The van der Waals surface area contributed by atoms with Crippen molar-refractivity contribution < 1.29 is 21.9 Å². The van der Waals surface area contributed by atoms with Crippen LogP contribution in [0.25, 0.3) is 0 Å². The lowest BCUT2D eigenvalue weighted by Gasteiger charge is -1.86. The summed E-state index contributed by atoms with van der Waals surface area (Å²) in [5.41, 5.74) is 4.92. The van der Waals surface area contributed by atoms with Crippen molar-refractivity contribution in [1.82, 2.24) is 0 Å². The third-order valence-corrected chi connectivity index (χ3v) is 0.954. The number of nitrogens with two attached hydrogens (primary N) is 1. The molecule has 0 fully saturated rings. The second kappa shape index (κ2) is 7.89. The summed E-state index contributed by atoms with van der Waals surface area (Å²) < 4.78 is 34.3. The molecule has 0 radical (unpaired) electrons. The Hall–Kier alpha value is -0.210. The molecule has 6 nitrogen and oxygen atoms in total. The molecule has 7 heteroatoms. The van der Waals surface area contributed by atoms with Crippen LogP contribution >= 0.6 is 0 Å². The summed E-state index contributed by atoms with van der Waals surface area (Å²) in [4.78, 5) is 0. The maximum Gasteiger partial charge on any atom is 0.397 e. The highest BCUT2D eigenvalue weighted by Crippen LogP contribution is 1.74. The molecule has 0 heterocycles. The zero-order valence-electron chi connectivity index (χ0n) is 6.48. The molecule has 70 valence electrons. The zero-order chi connectivity index (χ0) is 9.33. The van der Waals surface area contributed by atoms with Gasteiger partial charge in [0, 0.05) is 6.61 Å². The van der Waals surface area contributed by atoms with Gasteiger partial charge in [0.05, 0.1) is 13.8 Å². The van der Waals surface area contributed by atoms with Crippen LogP contribution < -0.4 is 5.73 Å². The highest BCUT2D eigenvalue weighted by atomic mass is 32.3. The SMILES string of the molecule is CCOCN.COS(=O)(=O)O. The number of ether oxygens (including phenoxy) is 1. The molecule has 0 atom stereocenters. The Morgan fingerprint density at radius 2 is 1.91 bits per heavy atom. The van der Waals surface area contributed by atoms with Crippen LogP contribution in [0.15, 0.2) is 0 Å². The van der Waals surface area contributed by atoms with Crippen LogP contribution in [-0.2, 0) is 19.3 Å². The summed E-state index contributed by atoms with van der Waals surface area (Å²) in [5, 5.41) is 0. The summed E-state index contributed by atoms with van der Waals surface area (Å²) >= 11 is 0. The van der Waals surface area contributed by atoms with E-state index in [-0.39, 0.29) is 0 Å². The first-order valence-electron chi connectivity index (χ1n) is 2.78. The van der Waals surface area contributed by atoms with Gasteiger partial charge >= 0.3 is 10.4 Å². The second-order valence-electron chi connectivity index (χ2n) is 1.25. The van der Waals surface area contributed by atoms with Crippen LogP contribution in [0.4, 0.5) is 0 Å². The van der Waals surface area contributed by atoms with Gasteiger partial charge in [0.1, 0.15) is 0 Å². The van der Waals surface area contributed by atoms with Gasteiger partial charge in [-0.3, -0.25) is 8.74 Å². The fraction of sp³-hybridized carbons (Fsp3) is 1.00. The maximum absolute atomic E-state index is 9.33. The Balaban J connectivity index is 0. The average Bonchev–Trinajstić information content (AvgIpc) is 1.90. The van der Waals surface area contributed by atoms with Crippen LogP contribution in [0.3, 0.4) is 0 Å². The Labute approximate surface area is 66.2 Å². The standard InChI is InChI=1S/C3H9NO.CH4O4S/c1-2-5-3-4;1-5-6(2,3)4/h2-4H2,1H3;1H3,(H,2,3,4). The molecule has 11 heavy (non-hydrogen) atoms. The number of hydrogen-bond acceptors (Lipinski definition) is 5. The predicted molar refractivity (Wildman–Crippen MR) is 39.2 cm³/mol. The molecule has 0 saturated carbocycles. The Kier molecular flexibility index (Phi) is 9.60. The fourth-order valence-electron chi connectivity index (χ4n) is 0.118. The molecule has 0 spiro atoms. The Morgan fingerprint density at radius 1 is 1.55 bits per heavy atom. The minimum absolute atomic E-state index is 0.344. The molecule has 0 aliphatic rings. The van der Waals surface area contributed by atoms with E-state index in [1.165, 1.54) is 0 Å². The van der Waals surface area contributed by atoms with Gasteiger partial charge in [-0.05, 0) is 6.92 Å². The molecule has 0 unspecified atom stereocenters. The van der Waals surface area contributed by atoms with Gasteiger partial charge in [0.2, 0.25) is 0 Å². The minimum atomic E-state index is -4.16. The summed E-state index contributed by atoms with van der Waals surface area (Å²) in [7, 11) is -3.29. The zero-order valence-corrected chi connectivity index (χ0v) is 7.30. The van der Waals surface area contributed by atoms with Crippen LogP contribution in [0.5, 0.6) is 0 Å². The third-order valence-electron chi connectivity index (χ3n) is 0.533. The van der Waals surface area contributed by atoms with Gasteiger partial charge in [0.25, 0.3) is 0 Å². The van der Waals surface area contributed by atoms with Crippen LogP contribution in [0.2, 0.25) is 0 Å². The van der Waals surface area contributed by atoms with Gasteiger partial charge in [-0.1, -0.05) is 0 Å². The molecule has 0 aromatic carbocycles. The van der Waals surface area contributed by atoms with Crippen molar-refractivity contribution in [3.63, 3.8) is 0 Å². The molecule has 0 bridgehead atoms. The van der Waals surface area contributed by atoms with Gasteiger partial charge in [-0.15, -0.1) is 0 Å². The van der Waals surface area contributed by atoms with E-state index in [9.17, 15) is 8.42 Å². The molecule has 0 aliphatic carbocycles. The second-order valence-corrected chi connectivity index (χ2v) is 2.44. The largest absolute Gasteiger partial charge is 0.397 e. The molecule has 0 saturated heterocycles. The van der Waals surface area contributed by atoms with E-state index in [1.54, 1.807) is 0 Å². The van der Waals surface area contributed by atoms with E-state index in [4.69, 9.17) is 10.3 Å². The first kappa shape index (κ1) is 13.4. The van der Waals surface area contributed by atoms with Crippen molar-refractivity contribution in [2.24, 2.45) is 5.73 Å². The molecule has 0 rings (SSSR count). The van der Waals surface area contributed by atoms with Gasteiger partial charge in [-0.2, -0.15) is 8.42 Å². The normalized spacial score (nSPS) is 10.2. The van der Waals surface area contributed by atoms with E-state index < -0.39 is 10.4 Å². The van der Waals surface area contributed by atoms with E-state index in [2.05, 4.69) is 8.92 Å². The lowest BCUT2D eigenvalue weighted by atomic mass is 10.9. The first-order chi connectivity index (χ1) is 4.97. The van der Waals surface area contributed by atoms with Gasteiger partial charge in [0.15, 0.2) is 0 Å². The number of hydrogen-bond donors (Lipinski definition) is 2. The third kappa shape index (κ3) is 25.9.